The fourth-order valence-corrected chi connectivity index (χ4v) is 0.118. The average Bonchev–Trinajstić information content (AvgIpc) is 1.41. The largest absolute Gasteiger partial charge is 0.359 e. The molecule has 37 valence electrons. The van der Waals surface area contributed by atoms with Crippen molar-refractivity contribution < 1.29 is 29.0 Å². The molecule has 0 aliphatic rings. The van der Waals surface area contributed by atoms with Crippen LogP contribution < -0.4 is 0 Å². The Bertz CT molecular complexity index is 20.4. The Hall–Kier alpha value is 0.608. The van der Waals surface area contributed by atoms with E-state index in [0.29, 0.717) is 6.79 Å². The van der Waals surface area contributed by atoms with Crippen molar-refractivity contribution in [2.24, 2.45) is 0 Å². The van der Waals surface area contributed by atoms with Crippen LogP contribution in [0.2, 0.25) is 0 Å². The minimum absolute atomic E-state index is 0. The zero-order valence-corrected chi connectivity index (χ0v) is 7.78. The first-order valence-corrected chi connectivity index (χ1v) is 1.39. The molecule has 0 saturated heterocycles. The molecule has 0 aliphatic heterocycles. The molecule has 0 rings (SSSR count). The zero-order valence-electron chi connectivity index (χ0n) is 4.81. The Labute approximate surface area is 58.9 Å². The van der Waals surface area contributed by atoms with Gasteiger partial charge in [0.25, 0.3) is 0 Å². The predicted molar refractivity (Wildman–Crippen MR) is 24.6 cm³/mol. The summed E-state index contributed by atoms with van der Waals surface area (Å²) >= 11 is 0. The fraction of sp³-hybridized carbons (Fsp3) is 1.00. The summed E-state index contributed by atoms with van der Waals surface area (Å²) in [6, 6.07) is 0. The molecular formula is C3H8BO2Zn. The third kappa shape index (κ3) is 20.6. The molecule has 0 amide bonds. The van der Waals surface area contributed by atoms with Crippen molar-refractivity contribution in [3.63, 3.8) is 0 Å². The van der Waals surface area contributed by atoms with Crippen LogP contribution in [-0.2, 0) is 29.0 Å². The van der Waals surface area contributed by atoms with Gasteiger partial charge < -0.3 is 9.47 Å². The van der Waals surface area contributed by atoms with Gasteiger partial charge in [-0.3, -0.25) is 0 Å². The van der Waals surface area contributed by atoms with Crippen molar-refractivity contribution in [3.05, 3.63) is 0 Å². The molecule has 0 aromatic rings. The van der Waals surface area contributed by atoms with E-state index in [1.54, 1.807) is 14.2 Å². The zero-order chi connectivity index (χ0) is 4.12. The van der Waals surface area contributed by atoms with Crippen LogP contribution in [0.3, 0.4) is 0 Å². The van der Waals surface area contributed by atoms with E-state index in [-0.39, 0.29) is 27.9 Å². The minimum Gasteiger partial charge on any atom is -0.359 e. The smallest absolute Gasteiger partial charge is 0.145 e. The van der Waals surface area contributed by atoms with E-state index < -0.39 is 0 Å². The van der Waals surface area contributed by atoms with Gasteiger partial charge in [-0.2, -0.15) is 0 Å². The van der Waals surface area contributed by atoms with Gasteiger partial charge in [-0.15, -0.1) is 0 Å². The summed E-state index contributed by atoms with van der Waals surface area (Å²) in [5, 5.41) is 0. The number of hydrogen-bond donors (Lipinski definition) is 0. The van der Waals surface area contributed by atoms with E-state index in [4.69, 9.17) is 0 Å². The quantitative estimate of drug-likeness (QED) is 0.405. The molecule has 0 aromatic heterocycles. The summed E-state index contributed by atoms with van der Waals surface area (Å²) in [6.45, 7) is 0.389. The third-order valence-corrected chi connectivity index (χ3v) is 0.236. The number of hydrogen-bond acceptors (Lipinski definition) is 2. The first-order chi connectivity index (χ1) is 2.41. The molecule has 0 heterocycles. The molecule has 0 N–H and O–H groups in total. The topological polar surface area (TPSA) is 18.5 Å². The Morgan fingerprint density at radius 3 is 1.43 bits per heavy atom. The van der Waals surface area contributed by atoms with E-state index >= 15 is 0 Å². The molecule has 0 fully saturated rings. The summed E-state index contributed by atoms with van der Waals surface area (Å²) < 4.78 is 8.94. The monoisotopic (exact) mass is 151 g/mol. The number of ether oxygens (including phenoxy) is 2. The molecule has 3 radical (unpaired) electrons. The molecule has 4 heteroatoms. The van der Waals surface area contributed by atoms with Crippen LogP contribution in [-0.4, -0.2) is 29.4 Å². The van der Waals surface area contributed by atoms with Crippen LogP contribution in [0, 0.1) is 0 Å². The normalized spacial score (nSPS) is 6.00. The van der Waals surface area contributed by atoms with Crippen molar-refractivity contribution in [2.75, 3.05) is 21.0 Å². The van der Waals surface area contributed by atoms with Gasteiger partial charge >= 0.3 is 0 Å². The Morgan fingerprint density at radius 1 is 1.14 bits per heavy atom. The second-order valence-corrected chi connectivity index (χ2v) is 0.695. The van der Waals surface area contributed by atoms with Crippen LogP contribution in [0.4, 0.5) is 0 Å². The molecule has 7 heavy (non-hydrogen) atoms. The number of methoxy groups -OCH3 is 2. The molecule has 0 bridgehead atoms. The standard InChI is InChI=1S/C3H8O2.B.Zn/c1-4-3-5-2;;/h3H2,1-2H3;;. The first-order valence-electron chi connectivity index (χ1n) is 1.39. The van der Waals surface area contributed by atoms with E-state index in [1.165, 1.54) is 0 Å². The maximum atomic E-state index is 4.47. The van der Waals surface area contributed by atoms with Crippen molar-refractivity contribution in [2.45, 2.75) is 0 Å². The van der Waals surface area contributed by atoms with Crippen LogP contribution in [0.15, 0.2) is 0 Å². The summed E-state index contributed by atoms with van der Waals surface area (Å²) in [4.78, 5) is 0. The summed E-state index contributed by atoms with van der Waals surface area (Å²) in [5.41, 5.74) is 0. The SMILES string of the molecule is COCOC.[B].[Zn]. The van der Waals surface area contributed by atoms with E-state index in [9.17, 15) is 0 Å². The molecular weight excluding hydrogens is 144 g/mol. The Morgan fingerprint density at radius 2 is 1.43 bits per heavy atom. The second kappa shape index (κ2) is 16.0. The predicted octanol–water partition coefficient (Wildman–Crippen LogP) is -0.147. The second-order valence-electron chi connectivity index (χ2n) is 0.695. The third-order valence-electron chi connectivity index (χ3n) is 0.236. The van der Waals surface area contributed by atoms with Crippen LogP contribution in [0.1, 0.15) is 0 Å². The molecule has 0 atom stereocenters. The van der Waals surface area contributed by atoms with Gasteiger partial charge in [-0.1, -0.05) is 0 Å². The molecule has 0 aromatic carbocycles. The summed E-state index contributed by atoms with van der Waals surface area (Å²) in [7, 11) is 3.17. The van der Waals surface area contributed by atoms with Crippen molar-refractivity contribution in [1.29, 1.82) is 0 Å². The van der Waals surface area contributed by atoms with E-state index in [1.807, 2.05) is 0 Å². The van der Waals surface area contributed by atoms with Crippen LogP contribution in [0.5, 0.6) is 0 Å². The first kappa shape index (κ1) is 15.6. The Kier molecular flexibility index (Phi) is 35.7. The van der Waals surface area contributed by atoms with Gasteiger partial charge in [0.15, 0.2) is 0 Å². The van der Waals surface area contributed by atoms with Crippen molar-refractivity contribution >= 4 is 8.41 Å². The van der Waals surface area contributed by atoms with Crippen molar-refractivity contribution in [1.82, 2.24) is 0 Å². The maximum Gasteiger partial charge on any atom is 0.145 e. The van der Waals surface area contributed by atoms with Gasteiger partial charge in [-0.25, -0.2) is 0 Å². The summed E-state index contributed by atoms with van der Waals surface area (Å²) in [6.07, 6.45) is 0. The maximum absolute atomic E-state index is 4.47. The van der Waals surface area contributed by atoms with Gasteiger partial charge in [-0.05, 0) is 0 Å². The molecule has 0 saturated carbocycles. The van der Waals surface area contributed by atoms with E-state index in [0.717, 1.165) is 0 Å². The summed E-state index contributed by atoms with van der Waals surface area (Å²) in [5.74, 6) is 0. The molecule has 2 nitrogen and oxygen atoms in total. The minimum atomic E-state index is 0. The van der Waals surface area contributed by atoms with Gasteiger partial charge in [0.05, 0.1) is 0 Å². The fourth-order valence-electron chi connectivity index (χ4n) is 0.118. The van der Waals surface area contributed by atoms with E-state index in [2.05, 4.69) is 9.47 Å². The van der Waals surface area contributed by atoms with Crippen LogP contribution >= 0.6 is 0 Å². The molecule has 0 spiro atoms. The Balaban J connectivity index is -0.0000000800. The van der Waals surface area contributed by atoms with Gasteiger partial charge in [0.2, 0.25) is 0 Å². The van der Waals surface area contributed by atoms with Gasteiger partial charge in [0, 0.05) is 42.1 Å². The number of rotatable bonds is 2. The van der Waals surface area contributed by atoms with Gasteiger partial charge in [0.1, 0.15) is 6.79 Å². The van der Waals surface area contributed by atoms with Crippen LogP contribution in [0.25, 0.3) is 0 Å². The molecule has 0 aliphatic carbocycles. The molecule has 0 unspecified atom stereocenters. The average molecular weight is 152 g/mol. The van der Waals surface area contributed by atoms with Crippen molar-refractivity contribution in [3.8, 4) is 0 Å².